The molecule has 2 heterocycles. The predicted octanol–water partition coefficient (Wildman–Crippen LogP) is 2.61. The second-order valence-electron chi connectivity index (χ2n) is 4.46. The van der Waals surface area contributed by atoms with Gasteiger partial charge in [-0.3, -0.25) is 0 Å². The minimum absolute atomic E-state index is 0.209. The number of hydrogen-bond acceptors (Lipinski definition) is 5. The molecule has 2 aromatic heterocycles. The smallest absolute Gasteiger partial charge is 0.194 e. The number of rotatable bonds is 5. The maximum Gasteiger partial charge on any atom is 0.194 e. The van der Waals surface area contributed by atoms with Gasteiger partial charge in [-0.25, -0.2) is 15.0 Å². The summed E-state index contributed by atoms with van der Waals surface area (Å²) >= 11 is 1.47. The van der Waals surface area contributed by atoms with Gasteiger partial charge in [0.25, 0.3) is 0 Å². The molecule has 0 amide bonds. The third-order valence-electron chi connectivity index (χ3n) is 2.79. The van der Waals surface area contributed by atoms with E-state index in [9.17, 15) is 0 Å². The number of aryl methyl sites for hydroxylation is 1. The van der Waals surface area contributed by atoms with Crippen molar-refractivity contribution in [3.63, 3.8) is 0 Å². The van der Waals surface area contributed by atoms with Crippen molar-refractivity contribution in [1.82, 2.24) is 15.0 Å². The molecule has 0 saturated heterocycles. The average molecular weight is 274 g/mol. The van der Waals surface area contributed by atoms with Crippen molar-refractivity contribution < 1.29 is 0 Å². The Labute approximate surface area is 117 Å². The molecule has 2 rings (SSSR count). The lowest BCUT2D eigenvalue weighted by atomic mass is 10.1. The van der Waals surface area contributed by atoms with E-state index >= 15 is 0 Å². The molecule has 2 aromatic rings. The second kappa shape index (κ2) is 6.63. The molecular formula is C14H18N4S. The fourth-order valence-corrected chi connectivity index (χ4v) is 2.34. The zero-order valence-electron chi connectivity index (χ0n) is 11.2. The van der Waals surface area contributed by atoms with Gasteiger partial charge in [-0.1, -0.05) is 13.0 Å². The molecule has 0 spiro atoms. The van der Waals surface area contributed by atoms with Crippen molar-refractivity contribution in [2.24, 2.45) is 5.73 Å². The molecule has 19 heavy (non-hydrogen) atoms. The van der Waals surface area contributed by atoms with Crippen molar-refractivity contribution in [1.29, 1.82) is 0 Å². The summed E-state index contributed by atoms with van der Waals surface area (Å²) in [5.41, 5.74) is 8.06. The first-order chi connectivity index (χ1) is 9.17. The summed E-state index contributed by atoms with van der Waals surface area (Å²) in [4.78, 5) is 13.0. The minimum Gasteiger partial charge on any atom is -0.327 e. The van der Waals surface area contributed by atoms with Crippen LogP contribution >= 0.6 is 11.8 Å². The van der Waals surface area contributed by atoms with Gasteiger partial charge in [-0.05, 0) is 49.2 Å². The summed E-state index contributed by atoms with van der Waals surface area (Å²) in [7, 11) is 0. The molecule has 2 N–H and O–H groups in total. The van der Waals surface area contributed by atoms with Gasteiger partial charge in [0.1, 0.15) is 5.03 Å². The Balaban J connectivity index is 2.02. The van der Waals surface area contributed by atoms with Crippen LogP contribution in [0.2, 0.25) is 0 Å². The third kappa shape index (κ3) is 4.29. The first kappa shape index (κ1) is 14.0. The molecule has 0 saturated carbocycles. The highest BCUT2D eigenvalue weighted by Crippen LogP contribution is 2.22. The highest BCUT2D eigenvalue weighted by atomic mass is 32.2. The van der Waals surface area contributed by atoms with E-state index in [1.165, 1.54) is 17.3 Å². The summed E-state index contributed by atoms with van der Waals surface area (Å²) in [6, 6.07) is 6.15. The lowest BCUT2D eigenvalue weighted by Crippen LogP contribution is -2.21. The lowest BCUT2D eigenvalue weighted by molar-refractivity contribution is 0.644. The van der Waals surface area contributed by atoms with Gasteiger partial charge in [-0.15, -0.1) is 0 Å². The van der Waals surface area contributed by atoms with Crippen molar-refractivity contribution in [2.75, 3.05) is 0 Å². The van der Waals surface area contributed by atoms with Gasteiger partial charge in [0, 0.05) is 24.1 Å². The van der Waals surface area contributed by atoms with Crippen LogP contribution < -0.4 is 5.73 Å². The first-order valence-electron chi connectivity index (χ1n) is 6.35. The molecular weight excluding hydrogens is 256 g/mol. The van der Waals surface area contributed by atoms with Crippen molar-refractivity contribution >= 4 is 11.8 Å². The highest BCUT2D eigenvalue weighted by molar-refractivity contribution is 7.99. The lowest BCUT2D eigenvalue weighted by Gasteiger charge is -2.08. The topological polar surface area (TPSA) is 64.7 Å². The molecule has 100 valence electrons. The van der Waals surface area contributed by atoms with Crippen molar-refractivity contribution in [2.45, 2.75) is 42.9 Å². The number of pyridine rings is 1. The summed E-state index contributed by atoms with van der Waals surface area (Å²) in [5, 5.41) is 1.63. The van der Waals surface area contributed by atoms with Crippen LogP contribution in [0.15, 0.2) is 40.8 Å². The average Bonchev–Trinajstić information content (AvgIpc) is 2.41. The van der Waals surface area contributed by atoms with E-state index in [-0.39, 0.29) is 6.04 Å². The summed E-state index contributed by atoms with van der Waals surface area (Å²) < 4.78 is 0. The first-order valence-corrected chi connectivity index (χ1v) is 7.17. The van der Waals surface area contributed by atoms with E-state index in [1.54, 1.807) is 6.20 Å². The van der Waals surface area contributed by atoms with E-state index < -0.39 is 0 Å². The summed E-state index contributed by atoms with van der Waals surface area (Å²) in [6.07, 6.45) is 5.50. The van der Waals surface area contributed by atoms with Crippen LogP contribution in [0, 0.1) is 6.92 Å². The normalized spacial score (nSPS) is 12.4. The van der Waals surface area contributed by atoms with Crippen LogP contribution in [0.25, 0.3) is 0 Å². The molecule has 0 aliphatic heterocycles. The highest BCUT2D eigenvalue weighted by Gasteiger charge is 2.04. The second-order valence-corrected chi connectivity index (χ2v) is 5.45. The van der Waals surface area contributed by atoms with E-state index in [1.807, 2.05) is 25.3 Å². The SMILES string of the molecule is CCC(N)Cc1ccc(Sc2nccc(C)n2)nc1. The molecule has 5 heteroatoms. The van der Waals surface area contributed by atoms with E-state index in [2.05, 4.69) is 27.9 Å². The number of hydrogen-bond donors (Lipinski definition) is 1. The van der Waals surface area contributed by atoms with E-state index in [0.29, 0.717) is 0 Å². The maximum atomic E-state index is 5.93. The maximum absolute atomic E-state index is 5.93. The molecule has 1 unspecified atom stereocenters. The number of aromatic nitrogens is 3. The zero-order chi connectivity index (χ0) is 13.7. The Kier molecular flexibility index (Phi) is 4.87. The third-order valence-corrected chi connectivity index (χ3v) is 3.62. The van der Waals surface area contributed by atoms with E-state index in [4.69, 9.17) is 5.73 Å². The molecule has 0 bridgehead atoms. The Morgan fingerprint density at radius 1 is 1.26 bits per heavy atom. The quantitative estimate of drug-likeness (QED) is 0.849. The van der Waals surface area contributed by atoms with Crippen molar-refractivity contribution in [3.05, 3.63) is 41.9 Å². The summed E-state index contributed by atoms with van der Waals surface area (Å²) in [6.45, 7) is 4.05. The molecule has 0 aromatic carbocycles. The number of nitrogens with two attached hydrogens (primary N) is 1. The number of nitrogens with zero attached hydrogens (tertiary/aromatic N) is 3. The Hall–Kier alpha value is -1.46. The van der Waals surface area contributed by atoms with Gasteiger partial charge in [0.15, 0.2) is 5.16 Å². The van der Waals surface area contributed by atoms with Crippen LogP contribution in [0.4, 0.5) is 0 Å². The van der Waals surface area contributed by atoms with Crippen LogP contribution in [0.3, 0.4) is 0 Å². The fourth-order valence-electron chi connectivity index (χ4n) is 1.61. The Morgan fingerprint density at radius 3 is 2.74 bits per heavy atom. The standard InChI is InChI=1S/C14H18N4S/c1-3-12(15)8-11-4-5-13(17-9-11)19-14-16-7-6-10(2)18-14/h4-7,9,12H,3,8,15H2,1-2H3. The fraction of sp³-hybridized carbons (Fsp3) is 0.357. The van der Waals surface area contributed by atoms with Crippen LogP contribution in [0.1, 0.15) is 24.6 Å². The van der Waals surface area contributed by atoms with Crippen LogP contribution in [-0.4, -0.2) is 21.0 Å². The molecule has 0 fully saturated rings. The predicted molar refractivity (Wildman–Crippen MR) is 77.1 cm³/mol. The van der Waals surface area contributed by atoms with Gasteiger partial charge in [0.2, 0.25) is 0 Å². The van der Waals surface area contributed by atoms with Gasteiger partial charge in [-0.2, -0.15) is 0 Å². The zero-order valence-corrected chi connectivity index (χ0v) is 12.0. The minimum atomic E-state index is 0.209. The molecule has 0 aliphatic rings. The van der Waals surface area contributed by atoms with Crippen LogP contribution in [-0.2, 0) is 6.42 Å². The Morgan fingerprint density at radius 2 is 2.11 bits per heavy atom. The van der Waals surface area contributed by atoms with Gasteiger partial charge in [0.05, 0.1) is 0 Å². The summed E-state index contributed by atoms with van der Waals surface area (Å²) in [5.74, 6) is 0. The van der Waals surface area contributed by atoms with Crippen LogP contribution in [0.5, 0.6) is 0 Å². The molecule has 1 atom stereocenters. The van der Waals surface area contributed by atoms with Gasteiger partial charge < -0.3 is 5.73 Å². The molecule has 4 nitrogen and oxygen atoms in total. The van der Waals surface area contributed by atoms with Crippen molar-refractivity contribution in [3.8, 4) is 0 Å². The van der Waals surface area contributed by atoms with Gasteiger partial charge >= 0.3 is 0 Å². The monoisotopic (exact) mass is 274 g/mol. The molecule has 0 aliphatic carbocycles. The molecule has 0 radical (unpaired) electrons. The Bertz CT molecular complexity index is 527. The van der Waals surface area contributed by atoms with E-state index in [0.717, 1.165) is 28.7 Å². The largest absolute Gasteiger partial charge is 0.327 e.